The Hall–Kier alpha value is -2.39. The van der Waals surface area contributed by atoms with Gasteiger partial charge in [-0.05, 0) is 31.3 Å². The molecule has 0 radical (unpaired) electrons. The molecule has 1 aliphatic heterocycles. The van der Waals surface area contributed by atoms with Crippen molar-refractivity contribution in [1.82, 2.24) is 10.2 Å². The molecule has 0 aromatic heterocycles. The molecule has 0 bridgehead atoms. The fraction of sp³-hybridized carbons (Fsp3) is 0.263. The van der Waals surface area contributed by atoms with Crippen LogP contribution < -0.4 is 10.2 Å². The highest BCUT2D eigenvalue weighted by atomic mass is 35.5. The van der Waals surface area contributed by atoms with Crippen LogP contribution in [-0.4, -0.2) is 42.1 Å². The zero-order chi connectivity index (χ0) is 21.3. The van der Waals surface area contributed by atoms with Crippen molar-refractivity contribution in [1.29, 1.82) is 0 Å². The second-order valence-electron chi connectivity index (χ2n) is 6.52. The van der Waals surface area contributed by atoms with Gasteiger partial charge in [-0.1, -0.05) is 29.3 Å². The van der Waals surface area contributed by atoms with E-state index in [9.17, 15) is 22.4 Å². The van der Waals surface area contributed by atoms with Gasteiger partial charge >= 0.3 is 0 Å². The molecule has 10 heteroatoms. The van der Waals surface area contributed by atoms with Crippen LogP contribution >= 0.6 is 23.8 Å². The Morgan fingerprint density at radius 3 is 2.00 bits per heavy atom. The maximum absolute atomic E-state index is 14.1. The lowest BCUT2D eigenvalue weighted by atomic mass is 10.1. The Morgan fingerprint density at radius 2 is 1.48 bits per heavy atom. The number of amides is 1. The summed E-state index contributed by atoms with van der Waals surface area (Å²) in [7, 11) is 0. The fourth-order valence-electron chi connectivity index (χ4n) is 2.96. The molecule has 2 aromatic rings. The average Bonchev–Trinajstić information content (AvgIpc) is 2.72. The van der Waals surface area contributed by atoms with Crippen LogP contribution in [0.4, 0.5) is 23.2 Å². The first-order valence-corrected chi connectivity index (χ1v) is 9.42. The summed E-state index contributed by atoms with van der Waals surface area (Å²) in [6.07, 6.45) is 0. The van der Waals surface area contributed by atoms with Gasteiger partial charge in [0.25, 0.3) is 5.91 Å². The van der Waals surface area contributed by atoms with Gasteiger partial charge in [-0.25, -0.2) is 17.6 Å². The third-order valence-corrected chi connectivity index (χ3v) is 5.30. The number of thiocarbonyl (C=S) groups is 1. The van der Waals surface area contributed by atoms with Gasteiger partial charge in [-0.15, -0.1) is 0 Å². The average molecular weight is 446 g/mol. The Morgan fingerprint density at radius 1 is 0.966 bits per heavy atom. The lowest BCUT2D eigenvalue weighted by Gasteiger charge is -2.37. The van der Waals surface area contributed by atoms with Crippen LogP contribution in [0.5, 0.6) is 0 Å². The van der Waals surface area contributed by atoms with Crippen molar-refractivity contribution < 1.29 is 22.4 Å². The molecule has 0 spiro atoms. The molecule has 0 unspecified atom stereocenters. The number of aryl methyl sites for hydroxylation is 1. The van der Waals surface area contributed by atoms with E-state index in [4.69, 9.17) is 23.8 Å². The van der Waals surface area contributed by atoms with E-state index < -0.39 is 34.0 Å². The summed E-state index contributed by atoms with van der Waals surface area (Å²) in [5.41, 5.74) is 0.640. The normalized spacial score (nSPS) is 14.1. The second-order valence-corrected chi connectivity index (χ2v) is 7.28. The third-order valence-electron chi connectivity index (χ3n) is 4.60. The number of hydrogen-bond donors (Lipinski definition) is 1. The summed E-state index contributed by atoms with van der Waals surface area (Å²) in [5.74, 6) is -6.74. The zero-order valence-electron chi connectivity index (χ0n) is 15.2. The van der Waals surface area contributed by atoms with Gasteiger partial charge < -0.3 is 9.80 Å². The minimum atomic E-state index is -1.64. The standard InChI is InChI=1S/C19H16ClF4N3OS/c1-10-2-4-11(5-3-10)18(28)25-19(29)27-8-6-26(7-9-27)17-15(23)13(21)12(20)14(22)16(17)24/h2-5H,6-9H2,1H3,(H,25,28,29). The molecule has 1 saturated heterocycles. The molecule has 29 heavy (non-hydrogen) atoms. The molecule has 0 atom stereocenters. The highest BCUT2D eigenvalue weighted by molar-refractivity contribution is 7.80. The summed E-state index contributed by atoms with van der Waals surface area (Å²) in [6.45, 7) is 2.36. The number of hydrogen-bond acceptors (Lipinski definition) is 3. The number of nitrogens with one attached hydrogen (secondary N) is 1. The van der Waals surface area contributed by atoms with Crippen molar-refractivity contribution >= 4 is 40.5 Å². The topological polar surface area (TPSA) is 35.6 Å². The second kappa shape index (κ2) is 8.54. The van der Waals surface area contributed by atoms with Gasteiger partial charge in [0.2, 0.25) is 0 Å². The first-order valence-electron chi connectivity index (χ1n) is 8.64. The maximum Gasteiger partial charge on any atom is 0.257 e. The number of anilines is 1. The number of nitrogens with zero attached hydrogens (tertiary/aromatic N) is 2. The predicted molar refractivity (Wildman–Crippen MR) is 106 cm³/mol. The molecule has 154 valence electrons. The van der Waals surface area contributed by atoms with E-state index in [1.165, 1.54) is 4.90 Å². The first-order chi connectivity index (χ1) is 13.7. The van der Waals surface area contributed by atoms with E-state index in [1.54, 1.807) is 29.2 Å². The van der Waals surface area contributed by atoms with Crippen molar-refractivity contribution in [2.45, 2.75) is 6.92 Å². The molecule has 1 N–H and O–H groups in total. The minimum absolute atomic E-state index is 0.0366. The number of carbonyl (C=O) groups excluding carboxylic acids is 1. The van der Waals surface area contributed by atoms with Gasteiger partial charge in [0.1, 0.15) is 10.7 Å². The molecule has 4 nitrogen and oxygen atoms in total. The molecule has 1 aliphatic rings. The van der Waals surface area contributed by atoms with Crippen LogP contribution in [0.3, 0.4) is 0 Å². The summed E-state index contributed by atoms with van der Waals surface area (Å²) in [4.78, 5) is 15.1. The molecular weight excluding hydrogens is 430 g/mol. The predicted octanol–water partition coefficient (Wildman–Crippen LogP) is 4.04. The molecule has 1 fully saturated rings. The molecule has 1 heterocycles. The van der Waals surface area contributed by atoms with E-state index >= 15 is 0 Å². The number of piperazine rings is 1. The highest BCUT2D eigenvalue weighted by Crippen LogP contribution is 2.33. The van der Waals surface area contributed by atoms with Crippen molar-refractivity contribution in [2.75, 3.05) is 31.1 Å². The van der Waals surface area contributed by atoms with Crippen molar-refractivity contribution in [3.05, 3.63) is 63.7 Å². The van der Waals surface area contributed by atoms with Gasteiger partial charge in [0, 0.05) is 31.7 Å². The van der Waals surface area contributed by atoms with Crippen LogP contribution in [0.15, 0.2) is 24.3 Å². The quantitative estimate of drug-likeness (QED) is 0.327. The van der Waals surface area contributed by atoms with Crippen molar-refractivity contribution in [3.63, 3.8) is 0 Å². The van der Waals surface area contributed by atoms with E-state index in [1.807, 2.05) is 6.92 Å². The first kappa shape index (κ1) is 21.3. The maximum atomic E-state index is 14.1. The van der Waals surface area contributed by atoms with Crippen LogP contribution in [0.1, 0.15) is 15.9 Å². The molecule has 3 rings (SSSR count). The summed E-state index contributed by atoms with van der Waals surface area (Å²) >= 11 is 10.5. The Bertz CT molecular complexity index is 934. The number of benzene rings is 2. The monoisotopic (exact) mass is 445 g/mol. The SMILES string of the molecule is Cc1ccc(C(=O)NC(=S)N2CCN(c3c(F)c(F)c(Cl)c(F)c3F)CC2)cc1. The molecule has 0 aliphatic carbocycles. The van der Waals surface area contributed by atoms with Crippen LogP contribution in [-0.2, 0) is 0 Å². The molecular formula is C19H16ClF4N3OS. The fourth-order valence-corrected chi connectivity index (χ4v) is 3.40. The van der Waals surface area contributed by atoms with E-state index in [0.29, 0.717) is 5.56 Å². The van der Waals surface area contributed by atoms with Crippen LogP contribution in [0.25, 0.3) is 0 Å². The number of rotatable bonds is 2. The van der Waals surface area contributed by atoms with Crippen molar-refractivity contribution in [2.24, 2.45) is 0 Å². The molecule has 1 amide bonds. The Balaban J connectivity index is 1.66. The third kappa shape index (κ3) is 4.30. The van der Waals surface area contributed by atoms with Crippen molar-refractivity contribution in [3.8, 4) is 0 Å². The lowest BCUT2D eigenvalue weighted by molar-refractivity contribution is 0.0973. The summed E-state index contributed by atoms with van der Waals surface area (Å²) in [6, 6.07) is 6.93. The molecule has 0 saturated carbocycles. The largest absolute Gasteiger partial charge is 0.363 e. The minimum Gasteiger partial charge on any atom is -0.363 e. The van der Waals surface area contributed by atoms with E-state index in [0.717, 1.165) is 5.56 Å². The smallest absolute Gasteiger partial charge is 0.257 e. The number of halogens is 5. The Kier molecular flexibility index (Phi) is 6.28. The van der Waals surface area contributed by atoms with Gasteiger partial charge in [-0.3, -0.25) is 10.1 Å². The van der Waals surface area contributed by atoms with Crippen LogP contribution in [0, 0.1) is 30.2 Å². The van der Waals surface area contributed by atoms with E-state index in [-0.39, 0.29) is 37.2 Å². The lowest BCUT2D eigenvalue weighted by Crippen LogP contribution is -2.53. The van der Waals surface area contributed by atoms with Gasteiger partial charge in [0.15, 0.2) is 28.4 Å². The zero-order valence-corrected chi connectivity index (χ0v) is 16.8. The van der Waals surface area contributed by atoms with Gasteiger partial charge in [-0.2, -0.15) is 0 Å². The van der Waals surface area contributed by atoms with E-state index in [2.05, 4.69) is 5.32 Å². The highest BCUT2D eigenvalue weighted by Gasteiger charge is 2.30. The summed E-state index contributed by atoms with van der Waals surface area (Å²) in [5, 5.41) is 1.54. The molecule has 2 aromatic carbocycles. The van der Waals surface area contributed by atoms with Crippen LogP contribution in [0.2, 0.25) is 5.02 Å². The van der Waals surface area contributed by atoms with Gasteiger partial charge in [0.05, 0.1) is 0 Å². The Labute approximate surface area is 175 Å². The summed E-state index contributed by atoms with van der Waals surface area (Å²) < 4.78 is 55.7. The number of carbonyl (C=O) groups is 1.